The van der Waals surface area contributed by atoms with Crippen LogP contribution in [0.15, 0.2) is 60.8 Å². The van der Waals surface area contributed by atoms with Gasteiger partial charge in [-0.2, -0.15) is 0 Å². The summed E-state index contributed by atoms with van der Waals surface area (Å²) in [5.74, 6) is 0.159. The number of hydrogen-bond acceptors (Lipinski definition) is 4. The van der Waals surface area contributed by atoms with Crippen LogP contribution in [0.25, 0.3) is 11.1 Å². The molecule has 1 saturated heterocycles. The number of hydrogen-bond donors (Lipinski definition) is 1. The molecule has 2 N–H and O–H groups in total. The molecule has 0 saturated carbocycles. The highest BCUT2D eigenvalue weighted by Gasteiger charge is 2.27. The normalized spacial score (nSPS) is 16.4. The number of aromatic nitrogens is 2. The molecule has 2 heterocycles. The Morgan fingerprint density at radius 3 is 2.67 bits per heavy atom. The van der Waals surface area contributed by atoms with Gasteiger partial charge in [-0.05, 0) is 42.5 Å². The quantitative estimate of drug-likeness (QED) is 0.692. The smallest absolute Gasteiger partial charge is 0.222 e. The van der Waals surface area contributed by atoms with Gasteiger partial charge in [0.15, 0.2) is 0 Å². The van der Waals surface area contributed by atoms with E-state index in [0.717, 1.165) is 42.6 Å². The van der Waals surface area contributed by atoms with E-state index in [9.17, 15) is 9.18 Å². The average molecular weight is 404 g/mol. The third-order valence-corrected chi connectivity index (χ3v) is 5.62. The van der Waals surface area contributed by atoms with Crippen molar-refractivity contribution in [1.29, 1.82) is 0 Å². The second-order valence-corrected chi connectivity index (χ2v) is 7.70. The van der Waals surface area contributed by atoms with Crippen LogP contribution in [-0.4, -0.2) is 33.9 Å². The van der Waals surface area contributed by atoms with Crippen LogP contribution in [0.2, 0.25) is 0 Å². The number of carbonyl (C=O) groups is 1. The van der Waals surface area contributed by atoms with Crippen LogP contribution in [0.1, 0.15) is 36.4 Å². The van der Waals surface area contributed by atoms with E-state index in [1.165, 1.54) is 17.7 Å². The van der Waals surface area contributed by atoms with Gasteiger partial charge in [0.2, 0.25) is 11.9 Å². The predicted octanol–water partition coefficient (Wildman–Crippen LogP) is 4.20. The number of halogens is 1. The third kappa shape index (κ3) is 4.64. The number of amides is 1. The van der Waals surface area contributed by atoms with Crippen molar-refractivity contribution in [3.63, 3.8) is 0 Å². The van der Waals surface area contributed by atoms with Gasteiger partial charge in [-0.1, -0.05) is 42.5 Å². The predicted molar refractivity (Wildman–Crippen MR) is 115 cm³/mol. The van der Waals surface area contributed by atoms with Crippen molar-refractivity contribution < 1.29 is 9.18 Å². The van der Waals surface area contributed by atoms with Gasteiger partial charge >= 0.3 is 0 Å². The number of likely N-dealkylation sites (tertiary alicyclic amines) is 1. The van der Waals surface area contributed by atoms with Crippen molar-refractivity contribution in [3.05, 3.63) is 77.9 Å². The molecule has 1 aliphatic heterocycles. The standard InChI is InChI=1S/C24H25FN4O/c25-20-11-9-18(10-12-20)21-15-27-24(26)28-23(21)19-7-4-14-29(16-19)22(30)13-8-17-5-2-1-3-6-17/h1-3,5-6,9-12,15,19H,4,7-8,13-14,16H2,(H2,26,27,28)/t19-/m1/s1. The maximum atomic E-state index is 13.4. The van der Waals surface area contributed by atoms with Gasteiger partial charge in [0.1, 0.15) is 5.82 Å². The van der Waals surface area contributed by atoms with Crippen molar-refractivity contribution in [3.8, 4) is 11.1 Å². The average Bonchev–Trinajstić information content (AvgIpc) is 2.79. The Labute approximate surface area is 175 Å². The first kappa shape index (κ1) is 20.0. The molecular weight excluding hydrogens is 379 g/mol. The molecule has 30 heavy (non-hydrogen) atoms. The molecule has 1 fully saturated rings. The maximum absolute atomic E-state index is 13.4. The highest BCUT2D eigenvalue weighted by molar-refractivity contribution is 5.77. The van der Waals surface area contributed by atoms with Crippen LogP contribution in [0.5, 0.6) is 0 Å². The summed E-state index contributed by atoms with van der Waals surface area (Å²) in [6.45, 7) is 1.37. The number of anilines is 1. The number of rotatable bonds is 5. The van der Waals surface area contributed by atoms with Crippen LogP contribution < -0.4 is 5.73 Å². The van der Waals surface area contributed by atoms with E-state index in [1.807, 2.05) is 35.2 Å². The highest BCUT2D eigenvalue weighted by atomic mass is 19.1. The SMILES string of the molecule is Nc1ncc(-c2ccc(F)cc2)c([C@@H]2CCCN(C(=O)CCc3ccccc3)C2)n1. The summed E-state index contributed by atoms with van der Waals surface area (Å²) in [6, 6.07) is 16.4. The molecule has 0 bridgehead atoms. The van der Waals surface area contributed by atoms with Crippen LogP contribution in [-0.2, 0) is 11.2 Å². The minimum Gasteiger partial charge on any atom is -0.368 e. The van der Waals surface area contributed by atoms with Crippen molar-refractivity contribution in [2.24, 2.45) is 0 Å². The van der Waals surface area contributed by atoms with Gasteiger partial charge in [-0.25, -0.2) is 14.4 Å². The van der Waals surface area contributed by atoms with E-state index in [4.69, 9.17) is 5.73 Å². The molecule has 6 heteroatoms. The number of aryl methyl sites for hydroxylation is 1. The molecule has 0 unspecified atom stereocenters. The summed E-state index contributed by atoms with van der Waals surface area (Å²) < 4.78 is 13.4. The molecular formula is C24H25FN4O. The Balaban J connectivity index is 1.51. The number of nitrogens with zero attached hydrogens (tertiary/aromatic N) is 3. The fraction of sp³-hybridized carbons (Fsp3) is 0.292. The molecule has 154 valence electrons. The van der Waals surface area contributed by atoms with Gasteiger partial charge in [-0.3, -0.25) is 4.79 Å². The molecule has 2 aromatic carbocycles. The van der Waals surface area contributed by atoms with Gasteiger partial charge in [-0.15, -0.1) is 0 Å². The molecule has 4 rings (SSSR count). The van der Waals surface area contributed by atoms with Gasteiger partial charge in [0, 0.05) is 37.2 Å². The second kappa shape index (κ2) is 9.03. The zero-order valence-corrected chi connectivity index (χ0v) is 16.8. The van der Waals surface area contributed by atoms with Crippen LogP contribution in [0.3, 0.4) is 0 Å². The first-order valence-electron chi connectivity index (χ1n) is 10.3. The zero-order chi connectivity index (χ0) is 20.9. The third-order valence-electron chi connectivity index (χ3n) is 5.62. The molecule has 1 aliphatic rings. The minimum absolute atomic E-state index is 0.0739. The Kier molecular flexibility index (Phi) is 6.02. The lowest BCUT2D eigenvalue weighted by Crippen LogP contribution is -2.39. The van der Waals surface area contributed by atoms with Gasteiger partial charge < -0.3 is 10.6 Å². The molecule has 0 spiro atoms. The van der Waals surface area contributed by atoms with Gasteiger partial charge in [0.05, 0.1) is 5.69 Å². The molecule has 1 amide bonds. The van der Waals surface area contributed by atoms with E-state index in [1.54, 1.807) is 18.3 Å². The Morgan fingerprint density at radius 1 is 1.13 bits per heavy atom. The Hall–Kier alpha value is -3.28. The lowest BCUT2D eigenvalue weighted by molar-refractivity contribution is -0.132. The topological polar surface area (TPSA) is 72.1 Å². The summed E-state index contributed by atoms with van der Waals surface area (Å²) in [6.07, 6.45) is 4.76. The number of carbonyl (C=O) groups excluding carboxylic acids is 1. The summed E-state index contributed by atoms with van der Waals surface area (Å²) >= 11 is 0. The minimum atomic E-state index is -0.287. The Bertz CT molecular complexity index is 1010. The monoisotopic (exact) mass is 404 g/mol. The first-order chi connectivity index (χ1) is 14.6. The van der Waals surface area contributed by atoms with Crippen molar-refractivity contribution in [2.45, 2.75) is 31.6 Å². The number of nitrogen functional groups attached to an aromatic ring is 1. The summed E-state index contributed by atoms with van der Waals surface area (Å²) in [4.78, 5) is 23.4. The summed E-state index contributed by atoms with van der Waals surface area (Å²) in [7, 11) is 0. The van der Waals surface area contributed by atoms with Crippen LogP contribution in [0, 0.1) is 5.82 Å². The first-order valence-corrected chi connectivity index (χ1v) is 10.3. The lowest BCUT2D eigenvalue weighted by atomic mass is 9.89. The molecule has 1 atom stereocenters. The molecule has 0 aliphatic carbocycles. The molecule has 3 aromatic rings. The van der Waals surface area contributed by atoms with Gasteiger partial charge in [0.25, 0.3) is 0 Å². The zero-order valence-electron chi connectivity index (χ0n) is 16.8. The highest BCUT2D eigenvalue weighted by Crippen LogP contribution is 2.33. The number of piperidine rings is 1. The van der Waals surface area contributed by atoms with E-state index in [2.05, 4.69) is 9.97 Å². The molecule has 1 aromatic heterocycles. The largest absolute Gasteiger partial charge is 0.368 e. The maximum Gasteiger partial charge on any atom is 0.222 e. The van der Waals surface area contributed by atoms with Crippen molar-refractivity contribution >= 4 is 11.9 Å². The summed E-state index contributed by atoms with van der Waals surface area (Å²) in [5, 5.41) is 0. The summed E-state index contributed by atoms with van der Waals surface area (Å²) in [5.41, 5.74) is 9.56. The lowest BCUT2D eigenvalue weighted by Gasteiger charge is -2.33. The van der Waals surface area contributed by atoms with Crippen molar-refractivity contribution in [1.82, 2.24) is 14.9 Å². The van der Waals surface area contributed by atoms with E-state index in [0.29, 0.717) is 13.0 Å². The van der Waals surface area contributed by atoms with Crippen molar-refractivity contribution in [2.75, 3.05) is 18.8 Å². The van der Waals surface area contributed by atoms with Crippen LogP contribution in [0.4, 0.5) is 10.3 Å². The van der Waals surface area contributed by atoms with E-state index < -0.39 is 0 Å². The van der Waals surface area contributed by atoms with Crippen LogP contribution >= 0.6 is 0 Å². The van der Waals surface area contributed by atoms with E-state index in [-0.39, 0.29) is 23.6 Å². The number of benzene rings is 2. The fourth-order valence-corrected chi connectivity index (χ4v) is 4.05. The van der Waals surface area contributed by atoms with E-state index >= 15 is 0 Å². The molecule has 5 nitrogen and oxygen atoms in total. The molecule has 0 radical (unpaired) electrons. The second-order valence-electron chi connectivity index (χ2n) is 7.70. The fourth-order valence-electron chi connectivity index (χ4n) is 4.05. The number of nitrogens with two attached hydrogens (primary N) is 1. The Morgan fingerprint density at radius 2 is 1.90 bits per heavy atom.